The van der Waals surface area contributed by atoms with Crippen LogP contribution < -0.4 is 0 Å². The van der Waals surface area contributed by atoms with Gasteiger partial charge in [-0.3, -0.25) is 9.89 Å². The summed E-state index contributed by atoms with van der Waals surface area (Å²) in [5, 5.41) is 7.15. The van der Waals surface area contributed by atoms with Crippen LogP contribution in [0.5, 0.6) is 0 Å². The molecule has 1 aromatic heterocycles. The number of aromatic nitrogens is 2. The number of aromatic amines is 1. The van der Waals surface area contributed by atoms with Gasteiger partial charge < -0.3 is 4.90 Å². The van der Waals surface area contributed by atoms with Gasteiger partial charge in [0, 0.05) is 35.8 Å². The Bertz CT molecular complexity index is 645. The first-order chi connectivity index (χ1) is 10.8. The second-order valence-electron chi connectivity index (χ2n) is 6.05. The van der Waals surface area contributed by atoms with Gasteiger partial charge in [0.05, 0.1) is 5.25 Å². The van der Waals surface area contributed by atoms with E-state index in [9.17, 15) is 4.79 Å². The first-order valence-corrected chi connectivity index (χ1v) is 8.72. The summed E-state index contributed by atoms with van der Waals surface area (Å²) in [6.45, 7) is 1.70. The zero-order valence-electron chi connectivity index (χ0n) is 12.4. The predicted octanol–water partition coefficient (Wildman–Crippen LogP) is 2.83. The molecule has 2 aliphatic heterocycles. The van der Waals surface area contributed by atoms with Crippen molar-refractivity contribution >= 4 is 17.7 Å². The van der Waals surface area contributed by atoms with Crippen molar-refractivity contribution in [2.24, 2.45) is 0 Å². The molecule has 1 saturated heterocycles. The Labute approximate surface area is 134 Å². The number of hydrogen-bond donors (Lipinski definition) is 1. The van der Waals surface area contributed by atoms with Crippen LogP contribution in [0.25, 0.3) is 0 Å². The standard InChI is InChI=1S/C17H19N3OS/c21-17(16-10-12-4-1-2-6-15(12)22-16)20-9-3-5-13(11-20)14-7-8-18-19-14/h1-2,4,6-8,13,16H,3,5,9-11H2,(H,18,19)/t13-,16+/m0/s1. The zero-order chi connectivity index (χ0) is 14.9. The average molecular weight is 313 g/mol. The highest BCUT2D eigenvalue weighted by Gasteiger charge is 2.34. The molecular formula is C17H19N3OS. The van der Waals surface area contributed by atoms with Gasteiger partial charge in [-0.2, -0.15) is 5.10 Å². The molecular weight excluding hydrogens is 294 g/mol. The number of rotatable bonds is 2. The molecule has 1 fully saturated rings. The van der Waals surface area contributed by atoms with Crippen LogP contribution in [0.2, 0.25) is 0 Å². The number of benzene rings is 1. The lowest BCUT2D eigenvalue weighted by Crippen LogP contribution is -2.43. The van der Waals surface area contributed by atoms with Crippen LogP contribution in [0.3, 0.4) is 0 Å². The van der Waals surface area contributed by atoms with E-state index in [2.05, 4.69) is 33.3 Å². The summed E-state index contributed by atoms with van der Waals surface area (Å²) in [7, 11) is 0. The van der Waals surface area contributed by atoms with E-state index in [1.165, 1.54) is 10.5 Å². The number of H-pyrrole nitrogens is 1. The number of nitrogens with zero attached hydrogens (tertiary/aromatic N) is 2. The summed E-state index contributed by atoms with van der Waals surface area (Å²) in [4.78, 5) is 16.2. The molecule has 4 rings (SSSR count). The monoisotopic (exact) mass is 313 g/mol. The summed E-state index contributed by atoms with van der Waals surface area (Å²) in [5.41, 5.74) is 2.47. The number of nitrogens with one attached hydrogen (secondary N) is 1. The molecule has 22 heavy (non-hydrogen) atoms. The van der Waals surface area contributed by atoms with Crippen molar-refractivity contribution < 1.29 is 4.79 Å². The fraction of sp³-hybridized carbons (Fsp3) is 0.412. The molecule has 4 nitrogen and oxygen atoms in total. The third-order valence-electron chi connectivity index (χ3n) is 4.62. The molecule has 0 saturated carbocycles. The van der Waals surface area contributed by atoms with Crippen LogP contribution in [-0.4, -0.2) is 39.3 Å². The summed E-state index contributed by atoms with van der Waals surface area (Å²) >= 11 is 1.73. The molecule has 1 N–H and O–H groups in total. The molecule has 2 atom stereocenters. The largest absolute Gasteiger partial charge is 0.341 e. The molecule has 0 radical (unpaired) electrons. The number of amides is 1. The number of carbonyl (C=O) groups is 1. The van der Waals surface area contributed by atoms with E-state index in [1.807, 2.05) is 12.1 Å². The SMILES string of the molecule is O=C([C@H]1Cc2ccccc2S1)N1CCC[C@H](c2ccn[nH]2)C1. The smallest absolute Gasteiger partial charge is 0.236 e. The second kappa shape index (κ2) is 5.80. The van der Waals surface area contributed by atoms with Crippen LogP contribution in [0, 0.1) is 0 Å². The van der Waals surface area contributed by atoms with Crippen molar-refractivity contribution in [1.29, 1.82) is 0 Å². The number of carbonyl (C=O) groups excluding carboxylic acids is 1. The van der Waals surface area contributed by atoms with Gasteiger partial charge in [0.15, 0.2) is 0 Å². The third kappa shape index (κ3) is 2.54. The van der Waals surface area contributed by atoms with Crippen molar-refractivity contribution in [2.75, 3.05) is 13.1 Å². The highest BCUT2D eigenvalue weighted by atomic mass is 32.2. The van der Waals surface area contributed by atoms with E-state index >= 15 is 0 Å². The van der Waals surface area contributed by atoms with Crippen molar-refractivity contribution in [3.8, 4) is 0 Å². The van der Waals surface area contributed by atoms with Gasteiger partial charge in [-0.05, 0) is 37.0 Å². The molecule has 0 bridgehead atoms. The third-order valence-corrected chi connectivity index (χ3v) is 5.92. The number of thioether (sulfide) groups is 1. The van der Waals surface area contributed by atoms with Crippen molar-refractivity contribution in [3.05, 3.63) is 47.8 Å². The van der Waals surface area contributed by atoms with Crippen molar-refractivity contribution in [2.45, 2.75) is 35.3 Å². The second-order valence-corrected chi connectivity index (χ2v) is 7.30. The van der Waals surface area contributed by atoms with E-state index < -0.39 is 0 Å². The van der Waals surface area contributed by atoms with Crippen LogP contribution >= 0.6 is 11.8 Å². The lowest BCUT2D eigenvalue weighted by atomic mass is 9.94. The Morgan fingerprint density at radius 1 is 1.32 bits per heavy atom. The fourth-order valence-electron chi connectivity index (χ4n) is 3.45. The lowest BCUT2D eigenvalue weighted by Gasteiger charge is -2.33. The average Bonchev–Trinajstić information content (AvgIpc) is 3.23. The molecule has 0 spiro atoms. The van der Waals surface area contributed by atoms with Gasteiger partial charge >= 0.3 is 0 Å². The van der Waals surface area contributed by atoms with E-state index in [-0.39, 0.29) is 5.25 Å². The van der Waals surface area contributed by atoms with Crippen LogP contribution in [-0.2, 0) is 11.2 Å². The van der Waals surface area contributed by atoms with Gasteiger partial charge in [0.1, 0.15) is 0 Å². The highest BCUT2D eigenvalue weighted by molar-refractivity contribution is 8.01. The molecule has 3 heterocycles. The number of fused-ring (bicyclic) bond motifs is 1. The van der Waals surface area contributed by atoms with Gasteiger partial charge in [-0.1, -0.05) is 18.2 Å². The van der Waals surface area contributed by atoms with E-state index in [0.29, 0.717) is 11.8 Å². The highest BCUT2D eigenvalue weighted by Crippen LogP contribution is 2.38. The maximum absolute atomic E-state index is 12.9. The predicted molar refractivity (Wildman–Crippen MR) is 86.9 cm³/mol. The minimum Gasteiger partial charge on any atom is -0.341 e. The van der Waals surface area contributed by atoms with Crippen LogP contribution in [0.4, 0.5) is 0 Å². The van der Waals surface area contributed by atoms with Crippen LogP contribution in [0.15, 0.2) is 41.4 Å². The maximum atomic E-state index is 12.9. The zero-order valence-corrected chi connectivity index (χ0v) is 13.2. The molecule has 114 valence electrons. The molecule has 5 heteroatoms. The van der Waals surface area contributed by atoms with E-state index in [0.717, 1.165) is 38.0 Å². The van der Waals surface area contributed by atoms with Crippen molar-refractivity contribution in [3.63, 3.8) is 0 Å². The molecule has 1 amide bonds. The summed E-state index contributed by atoms with van der Waals surface area (Å²) in [6.07, 6.45) is 4.86. The topological polar surface area (TPSA) is 49.0 Å². The first-order valence-electron chi connectivity index (χ1n) is 7.84. The van der Waals surface area contributed by atoms with Gasteiger partial charge in [-0.15, -0.1) is 11.8 Å². The molecule has 0 unspecified atom stereocenters. The normalized spacial score (nSPS) is 24.3. The van der Waals surface area contributed by atoms with E-state index in [4.69, 9.17) is 0 Å². The van der Waals surface area contributed by atoms with Gasteiger partial charge in [-0.25, -0.2) is 0 Å². The molecule has 1 aromatic carbocycles. The Morgan fingerprint density at radius 3 is 3.05 bits per heavy atom. The van der Waals surface area contributed by atoms with Gasteiger partial charge in [0.2, 0.25) is 5.91 Å². The summed E-state index contributed by atoms with van der Waals surface area (Å²) in [5.74, 6) is 0.694. The molecule has 2 aromatic rings. The minimum absolute atomic E-state index is 0.0536. The fourth-order valence-corrected chi connectivity index (χ4v) is 4.73. The van der Waals surface area contributed by atoms with Crippen LogP contribution in [0.1, 0.15) is 30.0 Å². The lowest BCUT2D eigenvalue weighted by molar-refractivity contribution is -0.131. The summed E-state index contributed by atoms with van der Waals surface area (Å²) in [6, 6.07) is 10.4. The van der Waals surface area contributed by atoms with Gasteiger partial charge in [0.25, 0.3) is 0 Å². The first kappa shape index (κ1) is 13.9. The Balaban J connectivity index is 1.45. The molecule has 2 aliphatic rings. The Morgan fingerprint density at radius 2 is 2.23 bits per heavy atom. The Hall–Kier alpha value is -1.75. The number of piperidine rings is 1. The molecule has 0 aliphatic carbocycles. The minimum atomic E-state index is 0.0536. The Kier molecular flexibility index (Phi) is 3.66. The summed E-state index contributed by atoms with van der Waals surface area (Å²) < 4.78 is 0. The van der Waals surface area contributed by atoms with E-state index in [1.54, 1.807) is 18.0 Å². The van der Waals surface area contributed by atoms with Crippen molar-refractivity contribution in [1.82, 2.24) is 15.1 Å². The number of likely N-dealkylation sites (tertiary alicyclic amines) is 1. The quantitative estimate of drug-likeness (QED) is 0.927. The number of hydrogen-bond acceptors (Lipinski definition) is 3. The maximum Gasteiger partial charge on any atom is 0.236 e.